The summed E-state index contributed by atoms with van der Waals surface area (Å²) in [7, 11) is 1.58. The van der Waals surface area contributed by atoms with Gasteiger partial charge in [0.2, 0.25) is 0 Å². The average Bonchev–Trinajstić information content (AvgIpc) is 3.11. The van der Waals surface area contributed by atoms with Crippen LogP contribution in [0, 0.1) is 0 Å². The number of hydrogen-bond acceptors (Lipinski definition) is 7. The number of thioether (sulfide) groups is 2. The number of amides is 1. The van der Waals surface area contributed by atoms with Gasteiger partial charge in [0, 0.05) is 11.1 Å². The number of hydrogen-bond donors (Lipinski definition) is 0. The molecule has 1 amide bonds. The summed E-state index contributed by atoms with van der Waals surface area (Å²) in [6.07, 6.45) is 5.54. The molecule has 0 radical (unpaired) electrons. The zero-order valence-electron chi connectivity index (χ0n) is 17.8. The van der Waals surface area contributed by atoms with Crippen molar-refractivity contribution in [2.75, 3.05) is 18.3 Å². The monoisotopic (exact) mass is 558 g/mol. The number of thiocarbonyl (C=S) groups is 1. The van der Waals surface area contributed by atoms with Gasteiger partial charge in [0.05, 0.1) is 27.9 Å². The van der Waals surface area contributed by atoms with Crippen molar-refractivity contribution >= 4 is 73.7 Å². The van der Waals surface area contributed by atoms with Crippen molar-refractivity contribution in [3.63, 3.8) is 0 Å². The second-order valence-corrected chi connectivity index (χ2v) is 10.3. The number of halogens is 1. The van der Waals surface area contributed by atoms with Gasteiger partial charge in [0.1, 0.15) is 6.61 Å². The van der Waals surface area contributed by atoms with Crippen molar-refractivity contribution in [1.82, 2.24) is 4.98 Å². The van der Waals surface area contributed by atoms with Crippen molar-refractivity contribution in [1.29, 1.82) is 0 Å². The van der Waals surface area contributed by atoms with E-state index in [1.165, 1.54) is 11.8 Å². The second kappa shape index (κ2) is 10.7. The first-order valence-corrected chi connectivity index (χ1v) is 13.1. The van der Waals surface area contributed by atoms with E-state index < -0.39 is 0 Å². The Kier molecular flexibility index (Phi) is 7.75. The summed E-state index contributed by atoms with van der Waals surface area (Å²) in [5.41, 5.74) is 2.37. The Morgan fingerprint density at radius 2 is 2.06 bits per heavy atom. The molecular formula is C24H19BrN2O3S3. The summed E-state index contributed by atoms with van der Waals surface area (Å²) in [6.45, 7) is 0.308. The Hall–Kier alpha value is -2.33. The van der Waals surface area contributed by atoms with E-state index >= 15 is 0 Å². The molecule has 4 rings (SSSR count). The Labute approximate surface area is 214 Å². The number of carbonyl (C=O) groups excluding carboxylic acids is 1. The molecule has 0 unspecified atom stereocenters. The molecule has 0 aliphatic carbocycles. The van der Waals surface area contributed by atoms with Crippen LogP contribution in [0.2, 0.25) is 0 Å². The van der Waals surface area contributed by atoms with Gasteiger partial charge in [-0.15, -0.1) is 11.8 Å². The third-order valence-corrected chi connectivity index (χ3v) is 7.36. The maximum atomic E-state index is 13.2. The van der Waals surface area contributed by atoms with Crippen LogP contribution in [0.5, 0.6) is 11.5 Å². The van der Waals surface area contributed by atoms with Crippen molar-refractivity contribution in [2.45, 2.75) is 11.5 Å². The van der Waals surface area contributed by atoms with Gasteiger partial charge in [-0.3, -0.25) is 14.7 Å². The molecule has 2 aromatic carbocycles. The molecule has 0 bridgehead atoms. The van der Waals surface area contributed by atoms with E-state index in [-0.39, 0.29) is 5.91 Å². The predicted molar refractivity (Wildman–Crippen MR) is 143 cm³/mol. The standard InChI is InChI=1S/C24H19BrN2O3S3/c1-29-20-11-15(10-19(25)22(20)30-14-16-6-3-4-9-26-16)12-21-23(28)27(24(31)33-21)17-7-5-8-18(13-17)32-2/h3-13H,14H2,1-2H3/b21-12+. The van der Waals surface area contributed by atoms with E-state index in [9.17, 15) is 4.79 Å². The Morgan fingerprint density at radius 1 is 1.21 bits per heavy atom. The normalized spacial score (nSPS) is 14.8. The van der Waals surface area contributed by atoms with Crippen LogP contribution in [-0.2, 0) is 11.4 Å². The number of pyridine rings is 1. The lowest BCUT2D eigenvalue weighted by Gasteiger charge is -2.15. The van der Waals surface area contributed by atoms with Crippen LogP contribution in [0.25, 0.3) is 6.08 Å². The molecule has 0 spiro atoms. The first-order chi connectivity index (χ1) is 16.0. The summed E-state index contributed by atoms with van der Waals surface area (Å²) >= 11 is 12.0. The van der Waals surface area contributed by atoms with Gasteiger partial charge >= 0.3 is 0 Å². The van der Waals surface area contributed by atoms with Gasteiger partial charge in [-0.2, -0.15) is 0 Å². The van der Waals surface area contributed by atoms with E-state index in [2.05, 4.69) is 20.9 Å². The van der Waals surface area contributed by atoms with Gasteiger partial charge in [0.25, 0.3) is 5.91 Å². The Morgan fingerprint density at radius 3 is 2.79 bits per heavy atom. The third-order valence-electron chi connectivity index (χ3n) is 4.75. The molecule has 0 saturated carbocycles. The molecule has 5 nitrogen and oxygen atoms in total. The number of nitrogens with zero attached hydrogens (tertiary/aromatic N) is 2. The smallest absolute Gasteiger partial charge is 0.270 e. The number of carbonyl (C=O) groups is 1. The fourth-order valence-corrected chi connectivity index (χ4v) is 5.51. The van der Waals surface area contributed by atoms with Gasteiger partial charge in [-0.05, 0) is 76.3 Å². The summed E-state index contributed by atoms with van der Waals surface area (Å²) in [5.74, 6) is 0.977. The second-order valence-electron chi connectivity index (χ2n) is 6.86. The minimum Gasteiger partial charge on any atom is -0.493 e. The van der Waals surface area contributed by atoms with Gasteiger partial charge in [-0.25, -0.2) is 0 Å². The number of ether oxygens (including phenoxy) is 2. The predicted octanol–water partition coefficient (Wildman–Crippen LogP) is 6.56. The summed E-state index contributed by atoms with van der Waals surface area (Å²) in [6, 6.07) is 17.2. The molecule has 1 saturated heterocycles. The van der Waals surface area contributed by atoms with Crippen LogP contribution in [0.4, 0.5) is 5.69 Å². The van der Waals surface area contributed by atoms with Crippen LogP contribution in [-0.4, -0.2) is 28.6 Å². The highest BCUT2D eigenvalue weighted by Crippen LogP contribution is 2.40. The van der Waals surface area contributed by atoms with Crippen LogP contribution in [0.1, 0.15) is 11.3 Å². The molecule has 3 aromatic rings. The fraction of sp³-hybridized carbons (Fsp3) is 0.125. The van der Waals surface area contributed by atoms with Gasteiger partial charge < -0.3 is 9.47 Å². The highest BCUT2D eigenvalue weighted by atomic mass is 79.9. The molecule has 33 heavy (non-hydrogen) atoms. The third kappa shape index (κ3) is 5.43. The zero-order chi connectivity index (χ0) is 23.4. The quantitative estimate of drug-likeness (QED) is 0.185. The average molecular weight is 560 g/mol. The van der Waals surface area contributed by atoms with Crippen molar-refractivity contribution in [3.05, 3.63) is 81.4 Å². The number of anilines is 1. The molecule has 168 valence electrons. The molecule has 1 aliphatic heterocycles. The van der Waals surface area contributed by atoms with Crippen molar-refractivity contribution in [2.24, 2.45) is 0 Å². The van der Waals surface area contributed by atoms with E-state index in [0.29, 0.717) is 31.8 Å². The van der Waals surface area contributed by atoms with Crippen LogP contribution in [0.3, 0.4) is 0 Å². The molecule has 2 heterocycles. The first kappa shape index (κ1) is 23.8. The van der Waals surface area contributed by atoms with E-state index in [1.807, 2.05) is 66.9 Å². The number of aromatic nitrogens is 1. The van der Waals surface area contributed by atoms with Crippen LogP contribution >= 0.6 is 51.7 Å². The van der Waals surface area contributed by atoms with Crippen molar-refractivity contribution in [3.8, 4) is 11.5 Å². The van der Waals surface area contributed by atoms with Crippen LogP contribution < -0.4 is 14.4 Å². The summed E-state index contributed by atoms with van der Waals surface area (Å²) in [5, 5.41) is 0. The minimum atomic E-state index is -0.145. The molecule has 1 aliphatic rings. The minimum absolute atomic E-state index is 0.145. The highest BCUT2D eigenvalue weighted by Gasteiger charge is 2.33. The fourth-order valence-electron chi connectivity index (χ4n) is 3.18. The summed E-state index contributed by atoms with van der Waals surface area (Å²) < 4.78 is 12.7. The van der Waals surface area contributed by atoms with E-state index in [0.717, 1.165) is 21.8 Å². The largest absolute Gasteiger partial charge is 0.493 e. The number of benzene rings is 2. The summed E-state index contributed by atoms with van der Waals surface area (Å²) in [4.78, 5) is 20.6. The van der Waals surface area contributed by atoms with Crippen LogP contribution in [0.15, 0.2) is 75.1 Å². The van der Waals surface area contributed by atoms with Gasteiger partial charge in [-0.1, -0.05) is 36.1 Å². The molecule has 0 N–H and O–H groups in total. The SMILES string of the molecule is COc1cc(/C=C2/SC(=S)N(c3cccc(SC)c3)C2=O)cc(Br)c1OCc1ccccn1. The number of methoxy groups -OCH3 is 1. The molecule has 0 atom stereocenters. The Balaban J connectivity index is 1.59. The lowest BCUT2D eigenvalue weighted by molar-refractivity contribution is -0.113. The lowest BCUT2D eigenvalue weighted by atomic mass is 10.1. The highest BCUT2D eigenvalue weighted by molar-refractivity contribution is 9.10. The first-order valence-electron chi connectivity index (χ1n) is 9.82. The lowest BCUT2D eigenvalue weighted by Crippen LogP contribution is -2.27. The topological polar surface area (TPSA) is 51.7 Å². The molecule has 1 fully saturated rings. The molecular weight excluding hydrogens is 540 g/mol. The zero-order valence-corrected chi connectivity index (χ0v) is 21.8. The Bertz CT molecular complexity index is 1230. The van der Waals surface area contributed by atoms with E-state index in [4.69, 9.17) is 21.7 Å². The maximum absolute atomic E-state index is 13.2. The maximum Gasteiger partial charge on any atom is 0.270 e. The number of rotatable bonds is 7. The van der Waals surface area contributed by atoms with Crippen molar-refractivity contribution < 1.29 is 14.3 Å². The van der Waals surface area contributed by atoms with Gasteiger partial charge in [0.15, 0.2) is 15.8 Å². The molecule has 1 aromatic heterocycles. The molecule has 9 heteroatoms. The van der Waals surface area contributed by atoms with E-state index in [1.54, 1.807) is 30.0 Å².